The van der Waals surface area contributed by atoms with Crippen molar-refractivity contribution in [3.63, 3.8) is 0 Å². The Morgan fingerprint density at radius 1 is 1.36 bits per heavy atom. The van der Waals surface area contributed by atoms with Crippen LogP contribution in [0.1, 0.15) is 10.5 Å². The minimum atomic E-state index is -0.114. The van der Waals surface area contributed by atoms with E-state index in [1.807, 2.05) is 0 Å². The van der Waals surface area contributed by atoms with E-state index in [4.69, 9.17) is 0 Å². The van der Waals surface area contributed by atoms with E-state index in [2.05, 4.69) is 34.2 Å². The van der Waals surface area contributed by atoms with Gasteiger partial charge >= 0.3 is 0 Å². The summed E-state index contributed by atoms with van der Waals surface area (Å²) in [5.74, 6) is 0.0858. The van der Waals surface area contributed by atoms with Crippen molar-refractivity contribution in [1.29, 1.82) is 0 Å². The molecular formula is C16H22N4O2. The summed E-state index contributed by atoms with van der Waals surface area (Å²) in [5, 5.41) is 13.3. The van der Waals surface area contributed by atoms with Crippen LogP contribution in [-0.4, -0.2) is 72.1 Å². The summed E-state index contributed by atoms with van der Waals surface area (Å²) in [4.78, 5) is 19.9. The number of piperazine rings is 1. The van der Waals surface area contributed by atoms with Crippen molar-refractivity contribution in [2.24, 2.45) is 0 Å². The molecule has 0 saturated carbocycles. The molecule has 1 aromatic heterocycles. The van der Waals surface area contributed by atoms with E-state index in [1.165, 1.54) is 0 Å². The molecule has 0 spiro atoms. The molecule has 2 heterocycles. The van der Waals surface area contributed by atoms with Crippen LogP contribution in [0, 0.1) is 0 Å². The number of carbonyl (C=O) groups excluding carboxylic acids is 1. The van der Waals surface area contributed by atoms with E-state index in [1.54, 1.807) is 24.3 Å². The lowest BCUT2D eigenvalue weighted by molar-refractivity contribution is 0.0877. The predicted octanol–water partition coefficient (Wildman–Crippen LogP) is 0.849. The number of amides is 1. The van der Waals surface area contributed by atoms with E-state index in [0.717, 1.165) is 30.5 Å². The first kappa shape index (κ1) is 14.9. The van der Waals surface area contributed by atoms with Crippen LogP contribution >= 0.6 is 0 Å². The number of phenols is 1. The molecule has 0 aliphatic carbocycles. The van der Waals surface area contributed by atoms with E-state index >= 15 is 0 Å². The molecule has 1 unspecified atom stereocenters. The van der Waals surface area contributed by atoms with Crippen LogP contribution in [-0.2, 0) is 0 Å². The maximum Gasteiger partial charge on any atom is 0.267 e. The van der Waals surface area contributed by atoms with Crippen molar-refractivity contribution >= 4 is 16.8 Å². The van der Waals surface area contributed by atoms with Gasteiger partial charge in [0.2, 0.25) is 0 Å². The van der Waals surface area contributed by atoms with Crippen LogP contribution in [0.25, 0.3) is 10.9 Å². The zero-order valence-corrected chi connectivity index (χ0v) is 13.0. The first-order valence-corrected chi connectivity index (χ1v) is 7.51. The van der Waals surface area contributed by atoms with Gasteiger partial charge in [-0.05, 0) is 38.4 Å². The average Bonchev–Trinajstić information content (AvgIpc) is 2.91. The number of H-pyrrole nitrogens is 1. The quantitative estimate of drug-likeness (QED) is 0.786. The number of phenolic OH excluding ortho intramolecular Hbond substituents is 1. The third-order valence-corrected chi connectivity index (χ3v) is 4.33. The molecule has 0 bridgehead atoms. The molecule has 1 fully saturated rings. The Bertz CT molecular complexity index is 682. The number of aromatic amines is 1. The van der Waals surface area contributed by atoms with Gasteiger partial charge in [-0.3, -0.25) is 9.69 Å². The lowest BCUT2D eigenvalue weighted by Crippen LogP contribution is -2.54. The van der Waals surface area contributed by atoms with Gasteiger partial charge in [-0.1, -0.05) is 0 Å². The summed E-state index contributed by atoms with van der Waals surface area (Å²) in [6.45, 7) is 3.66. The lowest BCUT2D eigenvalue weighted by Gasteiger charge is -2.37. The molecule has 3 rings (SSSR count). The number of nitrogens with one attached hydrogen (secondary N) is 2. The highest BCUT2D eigenvalue weighted by atomic mass is 16.3. The van der Waals surface area contributed by atoms with Crippen LogP contribution in [0.2, 0.25) is 0 Å². The minimum absolute atomic E-state index is 0.114. The van der Waals surface area contributed by atoms with E-state index < -0.39 is 0 Å². The van der Waals surface area contributed by atoms with Gasteiger partial charge in [-0.2, -0.15) is 0 Å². The minimum Gasteiger partial charge on any atom is -0.508 e. The second-order valence-corrected chi connectivity index (χ2v) is 6.06. The van der Waals surface area contributed by atoms with Crippen LogP contribution < -0.4 is 5.32 Å². The van der Waals surface area contributed by atoms with Crippen molar-refractivity contribution in [2.45, 2.75) is 6.04 Å². The Morgan fingerprint density at radius 3 is 3.00 bits per heavy atom. The van der Waals surface area contributed by atoms with Crippen LogP contribution in [0.15, 0.2) is 24.3 Å². The molecule has 2 aromatic rings. The van der Waals surface area contributed by atoms with Gasteiger partial charge < -0.3 is 20.3 Å². The van der Waals surface area contributed by atoms with Crippen molar-refractivity contribution in [3.8, 4) is 5.75 Å². The first-order valence-electron chi connectivity index (χ1n) is 7.51. The molecular weight excluding hydrogens is 280 g/mol. The van der Waals surface area contributed by atoms with Gasteiger partial charge in [0.15, 0.2) is 0 Å². The highest BCUT2D eigenvalue weighted by Crippen LogP contribution is 2.20. The van der Waals surface area contributed by atoms with Crippen molar-refractivity contribution in [1.82, 2.24) is 20.1 Å². The first-order chi connectivity index (χ1) is 10.5. The average molecular weight is 302 g/mol. The molecule has 1 aromatic carbocycles. The molecule has 0 radical (unpaired) electrons. The molecule has 1 atom stereocenters. The van der Waals surface area contributed by atoms with Crippen LogP contribution in [0.3, 0.4) is 0 Å². The predicted molar refractivity (Wildman–Crippen MR) is 86.2 cm³/mol. The molecule has 1 aliphatic rings. The maximum absolute atomic E-state index is 12.3. The van der Waals surface area contributed by atoms with Gasteiger partial charge in [0.1, 0.15) is 11.4 Å². The smallest absolute Gasteiger partial charge is 0.267 e. The Kier molecular flexibility index (Phi) is 4.04. The van der Waals surface area contributed by atoms with Gasteiger partial charge in [-0.15, -0.1) is 0 Å². The summed E-state index contributed by atoms with van der Waals surface area (Å²) in [5.41, 5.74) is 1.37. The number of carbonyl (C=O) groups is 1. The molecule has 6 nitrogen and oxygen atoms in total. The number of aromatic nitrogens is 1. The van der Waals surface area contributed by atoms with E-state index in [0.29, 0.717) is 18.3 Å². The van der Waals surface area contributed by atoms with Crippen molar-refractivity contribution < 1.29 is 9.90 Å². The number of rotatable bonds is 3. The van der Waals surface area contributed by atoms with Crippen LogP contribution in [0.4, 0.5) is 0 Å². The molecule has 118 valence electrons. The largest absolute Gasteiger partial charge is 0.508 e. The summed E-state index contributed by atoms with van der Waals surface area (Å²) in [7, 11) is 4.20. The second kappa shape index (κ2) is 5.98. The van der Waals surface area contributed by atoms with E-state index in [-0.39, 0.29) is 11.7 Å². The van der Waals surface area contributed by atoms with Crippen molar-refractivity contribution in [2.75, 3.05) is 40.3 Å². The Balaban J connectivity index is 1.65. The molecule has 1 amide bonds. The third-order valence-electron chi connectivity index (χ3n) is 4.33. The van der Waals surface area contributed by atoms with Crippen molar-refractivity contribution in [3.05, 3.63) is 30.0 Å². The standard InChI is InChI=1S/C16H22N4O2/c1-19-5-6-20(2)12(10-19)9-17-16(22)15-8-11-7-13(21)3-4-14(11)18-15/h3-4,7-8,12,18,21H,5-6,9-10H2,1-2H3,(H,17,22). The van der Waals surface area contributed by atoms with Gasteiger partial charge in [-0.25, -0.2) is 0 Å². The van der Waals surface area contributed by atoms with E-state index in [9.17, 15) is 9.90 Å². The zero-order valence-electron chi connectivity index (χ0n) is 13.0. The fraction of sp³-hybridized carbons (Fsp3) is 0.438. The van der Waals surface area contributed by atoms with Gasteiger partial charge in [0, 0.05) is 43.1 Å². The fourth-order valence-corrected chi connectivity index (χ4v) is 2.87. The molecule has 22 heavy (non-hydrogen) atoms. The number of fused-ring (bicyclic) bond motifs is 1. The molecule has 6 heteroatoms. The zero-order chi connectivity index (χ0) is 15.7. The fourth-order valence-electron chi connectivity index (χ4n) is 2.87. The number of likely N-dealkylation sites (N-methyl/N-ethyl adjacent to an activating group) is 2. The third kappa shape index (κ3) is 3.08. The Morgan fingerprint density at radius 2 is 2.18 bits per heavy atom. The summed E-state index contributed by atoms with van der Waals surface area (Å²) < 4.78 is 0. The highest BCUT2D eigenvalue weighted by molar-refractivity contribution is 5.98. The Labute approximate surface area is 129 Å². The molecule has 1 saturated heterocycles. The summed E-state index contributed by atoms with van der Waals surface area (Å²) >= 11 is 0. The molecule has 1 aliphatic heterocycles. The normalized spacial score (nSPS) is 20.4. The van der Waals surface area contributed by atoms with Crippen LogP contribution in [0.5, 0.6) is 5.75 Å². The summed E-state index contributed by atoms with van der Waals surface area (Å²) in [6.07, 6.45) is 0. The SMILES string of the molecule is CN1CCN(C)C(CNC(=O)c2cc3cc(O)ccc3[nH]2)C1. The van der Waals surface area contributed by atoms with Gasteiger partial charge in [0.05, 0.1) is 0 Å². The molecule has 3 N–H and O–H groups in total. The lowest BCUT2D eigenvalue weighted by atomic mass is 10.2. The summed E-state index contributed by atoms with van der Waals surface area (Å²) in [6, 6.07) is 7.11. The highest BCUT2D eigenvalue weighted by Gasteiger charge is 2.22. The Hall–Kier alpha value is -2.05. The number of hydrogen-bond acceptors (Lipinski definition) is 4. The maximum atomic E-state index is 12.3. The number of aromatic hydroxyl groups is 1. The van der Waals surface area contributed by atoms with Gasteiger partial charge in [0.25, 0.3) is 5.91 Å². The monoisotopic (exact) mass is 302 g/mol. The number of benzene rings is 1. The second-order valence-electron chi connectivity index (χ2n) is 6.06. The topological polar surface area (TPSA) is 71.6 Å². The number of hydrogen-bond donors (Lipinski definition) is 3. The number of nitrogens with zero attached hydrogens (tertiary/aromatic N) is 2.